The second kappa shape index (κ2) is 25.4. The molecule has 0 rings (SSSR count). The van der Waals surface area contributed by atoms with Crippen molar-refractivity contribution in [3.63, 3.8) is 0 Å². The number of carbonyl (C=O) groups is 2. The van der Waals surface area contributed by atoms with Crippen LogP contribution in [0, 0.1) is 5.92 Å². The van der Waals surface area contributed by atoms with E-state index < -0.39 is 12.1 Å². The molecular weight excluding hydrogens is 450 g/mol. The molecule has 0 aliphatic rings. The van der Waals surface area contributed by atoms with Crippen molar-refractivity contribution in [2.24, 2.45) is 5.92 Å². The molecule has 0 radical (unpaired) electrons. The number of ether oxygens (including phenoxy) is 2. The average Bonchev–Trinajstić information content (AvgIpc) is 2.85. The van der Waals surface area contributed by atoms with E-state index >= 15 is 0 Å². The van der Waals surface area contributed by atoms with Crippen molar-refractivity contribution >= 4 is 12.1 Å². The maximum atomic E-state index is 12.7. The zero-order valence-electron chi connectivity index (χ0n) is 24.8. The van der Waals surface area contributed by atoms with Crippen molar-refractivity contribution in [3.8, 4) is 0 Å². The Morgan fingerprint density at radius 3 is 1.25 bits per heavy atom. The molecule has 1 unspecified atom stereocenters. The van der Waals surface area contributed by atoms with Gasteiger partial charge in [0.05, 0.1) is 13.2 Å². The van der Waals surface area contributed by atoms with Gasteiger partial charge in [0.25, 0.3) is 0 Å². The molecule has 0 N–H and O–H groups in total. The third-order valence-corrected chi connectivity index (χ3v) is 7.04. The molecule has 1 atom stereocenters. The minimum Gasteiger partial charge on any atom is -0.464 e. The second-order valence-electron chi connectivity index (χ2n) is 10.9. The number of likely N-dealkylation sites (N-methyl/N-ethyl adjacent to an activating group) is 1. The lowest BCUT2D eigenvalue weighted by Gasteiger charge is -2.28. The van der Waals surface area contributed by atoms with Gasteiger partial charge in [-0.15, -0.1) is 0 Å². The van der Waals surface area contributed by atoms with Crippen LogP contribution in [0.3, 0.4) is 0 Å². The predicted molar refractivity (Wildman–Crippen MR) is 152 cm³/mol. The van der Waals surface area contributed by atoms with Gasteiger partial charge in [0.15, 0.2) is 0 Å². The van der Waals surface area contributed by atoms with Gasteiger partial charge in [-0.2, -0.15) is 0 Å². The molecule has 0 spiro atoms. The zero-order chi connectivity index (χ0) is 26.9. The Morgan fingerprint density at radius 2 is 0.889 bits per heavy atom. The number of nitrogens with zero attached hydrogens (tertiary/aromatic N) is 1. The van der Waals surface area contributed by atoms with Crippen molar-refractivity contribution in [1.82, 2.24) is 4.90 Å². The lowest BCUT2D eigenvalue weighted by Crippen LogP contribution is -2.46. The van der Waals surface area contributed by atoms with Gasteiger partial charge in [-0.1, -0.05) is 143 Å². The fourth-order valence-electron chi connectivity index (χ4n) is 4.69. The standard InChI is InChI=1S/C31H61NO4/c1-6-8-10-12-14-16-17-18-19-21-22-24-26-35-30(33)29(28(3)4)32(5)31(34)36-27-25-23-20-15-13-11-9-7-2/h28-29H,6-27H2,1-5H3. The van der Waals surface area contributed by atoms with Gasteiger partial charge in [-0.3, -0.25) is 4.90 Å². The number of hydrogen-bond acceptors (Lipinski definition) is 4. The van der Waals surface area contributed by atoms with Crippen molar-refractivity contribution in [3.05, 3.63) is 0 Å². The third kappa shape index (κ3) is 19.9. The minimum atomic E-state index is -0.603. The van der Waals surface area contributed by atoms with E-state index in [1.165, 1.54) is 108 Å². The maximum absolute atomic E-state index is 12.7. The lowest BCUT2D eigenvalue weighted by atomic mass is 10.0. The van der Waals surface area contributed by atoms with E-state index in [-0.39, 0.29) is 11.9 Å². The zero-order valence-corrected chi connectivity index (χ0v) is 24.8. The Labute approximate surface area is 224 Å². The summed E-state index contributed by atoms with van der Waals surface area (Å²) >= 11 is 0. The van der Waals surface area contributed by atoms with Crippen molar-refractivity contribution in [2.45, 2.75) is 162 Å². The smallest absolute Gasteiger partial charge is 0.410 e. The molecule has 0 aromatic carbocycles. The monoisotopic (exact) mass is 511 g/mol. The fraction of sp³-hybridized carbons (Fsp3) is 0.935. The summed E-state index contributed by atoms with van der Waals surface area (Å²) in [7, 11) is 1.64. The highest BCUT2D eigenvalue weighted by atomic mass is 16.6. The topological polar surface area (TPSA) is 55.8 Å². The molecule has 5 nitrogen and oxygen atoms in total. The molecule has 0 heterocycles. The molecule has 0 saturated heterocycles. The van der Waals surface area contributed by atoms with Crippen LogP contribution < -0.4 is 0 Å². The van der Waals surface area contributed by atoms with Crippen LogP contribution in [0.15, 0.2) is 0 Å². The van der Waals surface area contributed by atoms with Crippen LogP contribution in [0.1, 0.15) is 156 Å². The lowest BCUT2D eigenvalue weighted by molar-refractivity contribution is -0.150. The number of unbranched alkanes of at least 4 members (excludes halogenated alkanes) is 18. The number of carbonyl (C=O) groups excluding carboxylic acids is 2. The Balaban J connectivity index is 3.90. The second-order valence-corrected chi connectivity index (χ2v) is 10.9. The molecule has 214 valence electrons. The van der Waals surface area contributed by atoms with Gasteiger partial charge in [-0.05, 0) is 18.8 Å². The highest BCUT2D eigenvalue weighted by molar-refractivity contribution is 5.81. The molecule has 0 aliphatic heterocycles. The fourth-order valence-corrected chi connectivity index (χ4v) is 4.69. The largest absolute Gasteiger partial charge is 0.464 e. The first-order valence-electron chi connectivity index (χ1n) is 15.5. The summed E-state index contributed by atoms with van der Waals surface area (Å²) in [5.74, 6) is -0.347. The summed E-state index contributed by atoms with van der Waals surface area (Å²) in [6.45, 7) is 9.22. The first-order chi connectivity index (χ1) is 17.5. The summed E-state index contributed by atoms with van der Waals surface area (Å²) < 4.78 is 11.0. The van der Waals surface area contributed by atoms with Crippen LogP contribution in [0.4, 0.5) is 4.79 Å². The van der Waals surface area contributed by atoms with Crippen LogP contribution in [-0.2, 0) is 14.3 Å². The van der Waals surface area contributed by atoms with E-state index in [4.69, 9.17) is 9.47 Å². The van der Waals surface area contributed by atoms with E-state index in [2.05, 4.69) is 13.8 Å². The molecule has 1 amide bonds. The number of hydrogen-bond donors (Lipinski definition) is 0. The van der Waals surface area contributed by atoms with Crippen LogP contribution in [0.2, 0.25) is 0 Å². The van der Waals surface area contributed by atoms with Crippen LogP contribution in [0.25, 0.3) is 0 Å². The van der Waals surface area contributed by atoms with Crippen molar-refractivity contribution in [2.75, 3.05) is 20.3 Å². The average molecular weight is 512 g/mol. The van der Waals surface area contributed by atoms with Crippen LogP contribution >= 0.6 is 0 Å². The first-order valence-corrected chi connectivity index (χ1v) is 15.5. The molecular formula is C31H61NO4. The Hall–Kier alpha value is -1.26. The molecule has 36 heavy (non-hydrogen) atoms. The molecule has 0 aromatic rings. The number of rotatable bonds is 25. The summed E-state index contributed by atoms with van der Waals surface area (Å²) in [6.07, 6.45) is 24.5. The summed E-state index contributed by atoms with van der Waals surface area (Å²) in [4.78, 5) is 26.6. The van der Waals surface area contributed by atoms with Gasteiger partial charge in [0, 0.05) is 7.05 Å². The molecule has 0 aliphatic carbocycles. The third-order valence-electron chi connectivity index (χ3n) is 7.04. The first kappa shape index (κ1) is 34.7. The van der Waals surface area contributed by atoms with Gasteiger partial charge in [-0.25, -0.2) is 9.59 Å². The van der Waals surface area contributed by atoms with Crippen LogP contribution in [0.5, 0.6) is 0 Å². The van der Waals surface area contributed by atoms with E-state index in [0.29, 0.717) is 13.2 Å². The van der Waals surface area contributed by atoms with Gasteiger partial charge < -0.3 is 9.47 Å². The van der Waals surface area contributed by atoms with Crippen molar-refractivity contribution < 1.29 is 19.1 Å². The van der Waals surface area contributed by atoms with Gasteiger partial charge in [0.1, 0.15) is 6.04 Å². The van der Waals surface area contributed by atoms with E-state index in [9.17, 15) is 9.59 Å². The van der Waals surface area contributed by atoms with Crippen LogP contribution in [-0.4, -0.2) is 43.3 Å². The Bertz CT molecular complexity index is 509. The minimum absolute atomic E-state index is 0.0276. The highest BCUT2D eigenvalue weighted by Gasteiger charge is 2.32. The maximum Gasteiger partial charge on any atom is 0.410 e. The Morgan fingerprint density at radius 1 is 0.556 bits per heavy atom. The van der Waals surface area contributed by atoms with Gasteiger partial charge in [0.2, 0.25) is 0 Å². The molecule has 0 bridgehead atoms. The molecule has 0 fully saturated rings. The summed E-state index contributed by atoms with van der Waals surface area (Å²) in [6, 6.07) is -0.603. The quantitative estimate of drug-likeness (QED) is 0.0904. The summed E-state index contributed by atoms with van der Waals surface area (Å²) in [5, 5.41) is 0. The normalized spacial score (nSPS) is 12.1. The predicted octanol–water partition coefficient (Wildman–Crippen LogP) is 9.46. The number of esters is 1. The van der Waals surface area contributed by atoms with E-state index in [1.807, 2.05) is 13.8 Å². The van der Waals surface area contributed by atoms with Gasteiger partial charge >= 0.3 is 12.1 Å². The summed E-state index contributed by atoms with van der Waals surface area (Å²) in [5.41, 5.74) is 0. The number of amides is 1. The van der Waals surface area contributed by atoms with Crippen molar-refractivity contribution in [1.29, 1.82) is 0 Å². The Kier molecular flexibility index (Phi) is 24.5. The SMILES string of the molecule is CCCCCCCCCCCCCCOC(=O)C(C(C)C)N(C)C(=O)OCCCCCCCCCC. The van der Waals surface area contributed by atoms with E-state index in [0.717, 1.165) is 25.7 Å². The molecule has 0 saturated carbocycles. The molecule has 5 heteroatoms. The van der Waals surface area contributed by atoms with E-state index in [1.54, 1.807) is 7.05 Å². The molecule has 0 aromatic heterocycles. The highest BCUT2D eigenvalue weighted by Crippen LogP contribution is 2.15.